The number of para-hydroxylation sites is 1. The second-order valence-corrected chi connectivity index (χ2v) is 4.52. The van der Waals surface area contributed by atoms with Crippen molar-refractivity contribution in [3.8, 4) is 0 Å². The average molecular weight is 255 g/mol. The van der Waals surface area contributed by atoms with Crippen molar-refractivity contribution in [2.75, 3.05) is 4.90 Å². The Kier molecular flexibility index (Phi) is 3.12. The Bertz CT molecular complexity index is 449. The summed E-state index contributed by atoms with van der Waals surface area (Å²) in [6.45, 7) is 1.95. The number of hydrogen-bond acceptors (Lipinski definition) is 2. The molecule has 1 heterocycles. The third kappa shape index (κ3) is 2.03. The number of hydrogen-bond donors (Lipinski definition) is 1. The third-order valence-electron chi connectivity index (χ3n) is 2.50. The molecule has 1 aliphatic rings. The van der Waals surface area contributed by atoms with Crippen LogP contribution >= 0.6 is 23.8 Å². The quantitative estimate of drug-likeness (QED) is 0.781. The zero-order chi connectivity index (χ0) is 11.7. The zero-order valence-electron chi connectivity index (χ0n) is 8.74. The number of nitrogens with one attached hydrogen (secondary N) is 1. The van der Waals surface area contributed by atoms with Crippen molar-refractivity contribution in [3.05, 3.63) is 29.3 Å². The van der Waals surface area contributed by atoms with E-state index in [-0.39, 0.29) is 11.9 Å². The normalized spacial score (nSPS) is 20.9. The molecule has 1 amide bonds. The molecule has 16 heavy (non-hydrogen) atoms. The maximum Gasteiger partial charge on any atom is 0.228 e. The number of nitrogens with zero attached hydrogens (tertiary/aromatic N) is 1. The Balaban J connectivity index is 2.37. The van der Waals surface area contributed by atoms with Crippen LogP contribution in [0, 0.1) is 0 Å². The van der Waals surface area contributed by atoms with Crippen molar-refractivity contribution < 1.29 is 4.79 Å². The van der Waals surface area contributed by atoms with Gasteiger partial charge in [-0.3, -0.25) is 4.79 Å². The van der Waals surface area contributed by atoms with Crippen LogP contribution in [0.3, 0.4) is 0 Å². The Morgan fingerprint density at radius 3 is 2.81 bits per heavy atom. The summed E-state index contributed by atoms with van der Waals surface area (Å²) in [6, 6.07) is 7.49. The highest BCUT2D eigenvalue weighted by Crippen LogP contribution is 2.29. The second kappa shape index (κ2) is 4.39. The molecule has 1 saturated heterocycles. The number of carbonyl (C=O) groups is 1. The first-order valence-corrected chi connectivity index (χ1v) is 5.76. The molecule has 0 bridgehead atoms. The van der Waals surface area contributed by atoms with Gasteiger partial charge < -0.3 is 10.2 Å². The van der Waals surface area contributed by atoms with E-state index < -0.39 is 0 Å². The maximum absolute atomic E-state index is 11.3. The summed E-state index contributed by atoms with van der Waals surface area (Å²) in [5.74, 6) is -0.0409. The predicted octanol–water partition coefficient (Wildman–Crippen LogP) is 2.34. The molecule has 0 spiro atoms. The van der Waals surface area contributed by atoms with Gasteiger partial charge >= 0.3 is 0 Å². The van der Waals surface area contributed by atoms with Crippen molar-refractivity contribution in [1.82, 2.24) is 5.32 Å². The fraction of sp³-hybridized carbons (Fsp3) is 0.273. The first-order valence-electron chi connectivity index (χ1n) is 4.97. The lowest BCUT2D eigenvalue weighted by Gasteiger charge is -2.35. The van der Waals surface area contributed by atoms with Crippen LogP contribution in [-0.4, -0.2) is 17.1 Å². The van der Waals surface area contributed by atoms with E-state index in [9.17, 15) is 4.79 Å². The zero-order valence-corrected chi connectivity index (χ0v) is 10.3. The van der Waals surface area contributed by atoms with E-state index in [0.29, 0.717) is 16.6 Å². The predicted molar refractivity (Wildman–Crippen MR) is 68.8 cm³/mol. The summed E-state index contributed by atoms with van der Waals surface area (Å²) in [5.41, 5.74) is 0.835. The van der Waals surface area contributed by atoms with Crippen LogP contribution in [0.25, 0.3) is 0 Å². The topological polar surface area (TPSA) is 32.3 Å². The van der Waals surface area contributed by atoms with Gasteiger partial charge in [-0.15, -0.1) is 0 Å². The molecule has 0 aliphatic carbocycles. The lowest BCUT2D eigenvalue weighted by atomic mass is 10.1. The minimum atomic E-state index is -0.0409. The molecule has 3 nitrogen and oxygen atoms in total. The molecular formula is C11H11ClN2OS. The number of halogens is 1. The minimum Gasteiger partial charge on any atom is -0.314 e. The first kappa shape index (κ1) is 11.4. The Morgan fingerprint density at radius 2 is 2.19 bits per heavy atom. The first-order chi connectivity index (χ1) is 7.59. The number of carbonyl (C=O) groups excluding carboxylic acids is 1. The van der Waals surface area contributed by atoms with Crippen molar-refractivity contribution in [2.45, 2.75) is 19.4 Å². The summed E-state index contributed by atoms with van der Waals surface area (Å²) < 4.78 is 0. The molecule has 1 aromatic carbocycles. The van der Waals surface area contributed by atoms with Crippen molar-refractivity contribution in [2.24, 2.45) is 0 Å². The molecule has 5 heteroatoms. The molecular weight excluding hydrogens is 244 g/mol. The summed E-state index contributed by atoms with van der Waals surface area (Å²) in [5, 5.41) is 3.69. The number of thiocarbonyl (C=S) groups is 1. The molecule has 0 aromatic heterocycles. The molecule has 1 N–H and O–H groups in total. The standard InChI is InChI=1S/C11H11ClN2OS/c1-7-6-10(15)13-11(16)14(7)9-5-3-2-4-8(9)12/h2-5,7H,6H2,1H3,(H,13,15,16)/t7-/m0/s1. The molecule has 0 radical (unpaired) electrons. The van der Waals surface area contributed by atoms with Crippen LogP contribution in [0.5, 0.6) is 0 Å². The number of rotatable bonds is 1. The van der Waals surface area contributed by atoms with E-state index in [1.165, 1.54) is 0 Å². The summed E-state index contributed by atoms with van der Waals surface area (Å²) in [6.07, 6.45) is 0.422. The van der Waals surface area contributed by atoms with Crippen LogP contribution in [0.2, 0.25) is 5.02 Å². The lowest BCUT2D eigenvalue weighted by molar-refractivity contribution is -0.120. The lowest BCUT2D eigenvalue weighted by Crippen LogP contribution is -2.54. The second-order valence-electron chi connectivity index (χ2n) is 3.73. The molecule has 1 atom stereocenters. The monoisotopic (exact) mass is 254 g/mol. The van der Waals surface area contributed by atoms with Crippen LogP contribution in [0.1, 0.15) is 13.3 Å². The summed E-state index contributed by atoms with van der Waals surface area (Å²) in [7, 11) is 0. The Morgan fingerprint density at radius 1 is 1.50 bits per heavy atom. The van der Waals surface area contributed by atoms with Gasteiger partial charge in [-0.2, -0.15) is 0 Å². The van der Waals surface area contributed by atoms with Crippen molar-refractivity contribution >= 4 is 40.5 Å². The van der Waals surface area contributed by atoms with Gasteiger partial charge in [-0.05, 0) is 31.3 Å². The van der Waals surface area contributed by atoms with E-state index in [1.807, 2.05) is 36.1 Å². The number of benzene rings is 1. The van der Waals surface area contributed by atoms with Crippen LogP contribution in [0.15, 0.2) is 24.3 Å². The van der Waals surface area contributed by atoms with Gasteiger partial charge in [0.25, 0.3) is 0 Å². The third-order valence-corrected chi connectivity index (χ3v) is 3.12. The summed E-state index contributed by atoms with van der Waals surface area (Å²) in [4.78, 5) is 13.2. The highest BCUT2D eigenvalue weighted by atomic mass is 35.5. The van der Waals surface area contributed by atoms with E-state index >= 15 is 0 Å². The minimum absolute atomic E-state index is 0.0288. The van der Waals surface area contributed by atoms with Crippen molar-refractivity contribution in [3.63, 3.8) is 0 Å². The average Bonchev–Trinajstić information content (AvgIpc) is 2.19. The van der Waals surface area contributed by atoms with Gasteiger partial charge in [-0.1, -0.05) is 23.7 Å². The Hall–Kier alpha value is -1.13. The van der Waals surface area contributed by atoms with Gasteiger partial charge in [0.05, 0.1) is 10.7 Å². The molecule has 1 fully saturated rings. The van der Waals surface area contributed by atoms with Gasteiger partial charge in [0.1, 0.15) is 0 Å². The fourth-order valence-corrected chi connectivity index (χ4v) is 2.40. The summed E-state index contributed by atoms with van der Waals surface area (Å²) >= 11 is 11.3. The van der Waals surface area contributed by atoms with E-state index in [2.05, 4.69) is 5.32 Å². The van der Waals surface area contributed by atoms with Gasteiger partial charge in [0, 0.05) is 12.5 Å². The number of amides is 1. The maximum atomic E-state index is 11.3. The van der Waals surface area contributed by atoms with Gasteiger partial charge in [0.2, 0.25) is 5.91 Å². The molecule has 0 unspecified atom stereocenters. The highest BCUT2D eigenvalue weighted by molar-refractivity contribution is 7.80. The van der Waals surface area contributed by atoms with E-state index in [0.717, 1.165) is 5.69 Å². The van der Waals surface area contributed by atoms with E-state index in [1.54, 1.807) is 0 Å². The molecule has 0 saturated carbocycles. The molecule has 2 rings (SSSR count). The van der Waals surface area contributed by atoms with E-state index in [4.69, 9.17) is 23.8 Å². The van der Waals surface area contributed by atoms with Crippen LogP contribution in [0.4, 0.5) is 5.69 Å². The smallest absolute Gasteiger partial charge is 0.228 e. The van der Waals surface area contributed by atoms with Gasteiger partial charge in [0.15, 0.2) is 5.11 Å². The molecule has 1 aromatic rings. The highest BCUT2D eigenvalue weighted by Gasteiger charge is 2.28. The molecule has 84 valence electrons. The van der Waals surface area contributed by atoms with Crippen LogP contribution < -0.4 is 10.2 Å². The SMILES string of the molecule is C[C@H]1CC(=O)NC(=S)N1c1ccccc1Cl. The van der Waals surface area contributed by atoms with Crippen LogP contribution in [-0.2, 0) is 4.79 Å². The molecule has 1 aliphatic heterocycles. The largest absolute Gasteiger partial charge is 0.314 e. The van der Waals surface area contributed by atoms with Crippen molar-refractivity contribution in [1.29, 1.82) is 0 Å². The number of anilines is 1. The van der Waals surface area contributed by atoms with Gasteiger partial charge in [-0.25, -0.2) is 0 Å². The fourth-order valence-electron chi connectivity index (χ4n) is 1.78. The Labute approximate surface area is 104 Å².